The molecule has 2 aromatic rings. The minimum Gasteiger partial charge on any atom is -0.497 e. The highest BCUT2D eigenvalue weighted by Crippen LogP contribution is 2.22. The van der Waals surface area contributed by atoms with E-state index in [2.05, 4.69) is 58.5 Å². The fourth-order valence-corrected chi connectivity index (χ4v) is 2.61. The van der Waals surface area contributed by atoms with Gasteiger partial charge in [-0.3, -0.25) is 0 Å². The number of methoxy groups -OCH3 is 1. The van der Waals surface area contributed by atoms with E-state index in [1.54, 1.807) is 7.11 Å². The highest BCUT2D eigenvalue weighted by molar-refractivity contribution is 9.10. The largest absolute Gasteiger partial charge is 0.497 e. The van der Waals surface area contributed by atoms with E-state index in [1.165, 1.54) is 16.7 Å². The number of hydrogen-bond acceptors (Lipinski definition) is 2. The van der Waals surface area contributed by atoms with Gasteiger partial charge in [0.2, 0.25) is 0 Å². The SMILES string of the molecule is CCc1ccccc1CNCc1cc(OC)ccc1Br. The molecule has 0 aromatic heterocycles. The maximum absolute atomic E-state index is 5.26. The zero-order valence-electron chi connectivity index (χ0n) is 11.9. The number of aryl methyl sites for hydroxylation is 1. The Kier molecular flexibility index (Phi) is 5.62. The summed E-state index contributed by atoms with van der Waals surface area (Å²) in [6.07, 6.45) is 1.07. The summed E-state index contributed by atoms with van der Waals surface area (Å²) in [6, 6.07) is 14.6. The van der Waals surface area contributed by atoms with E-state index >= 15 is 0 Å². The van der Waals surface area contributed by atoms with Gasteiger partial charge in [-0.25, -0.2) is 0 Å². The standard InChI is InChI=1S/C17H20BrNO/c1-3-13-6-4-5-7-14(13)11-19-12-15-10-16(20-2)8-9-17(15)18/h4-10,19H,3,11-12H2,1-2H3. The van der Waals surface area contributed by atoms with Crippen molar-refractivity contribution in [3.8, 4) is 5.75 Å². The lowest BCUT2D eigenvalue weighted by molar-refractivity contribution is 0.414. The number of halogens is 1. The molecule has 0 aliphatic rings. The van der Waals surface area contributed by atoms with E-state index in [-0.39, 0.29) is 0 Å². The van der Waals surface area contributed by atoms with Crippen LogP contribution in [0.1, 0.15) is 23.6 Å². The zero-order chi connectivity index (χ0) is 14.4. The van der Waals surface area contributed by atoms with Crippen LogP contribution in [0.25, 0.3) is 0 Å². The maximum atomic E-state index is 5.26. The Balaban J connectivity index is 1.99. The van der Waals surface area contributed by atoms with Crippen LogP contribution < -0.4 is 10.1 Å². The fourth-order valence-electron chi connectivity index (χ4n) is 2.22. The number of nitrogens with one attached hydrogen (secondary N) is 1. The van der Waals surface area contributed by atoms with Crippen molar-refractivity contribution in [1.82, 2.24) is 5.32 Å². The molecule has 0 amide bonds. The van der Waals surface area contributed by atoms with Gasteiger partial charge in [0, 0.05) is 17.6 Å². The minimum atomic E-state index is 0.815. The van der Waals surface area contributed by atoms with Crippen molar-refractivity contribution < 1.29 is 4.74 Å². The van der Waals surface area contributed by atoms with E-state index in [1.807, 2.05) is 12.1 Å². The number of rotatable bonds is 6. The summed E-state index contributed by atoms with van der Waals surface area (Å²) in [4.78, 5) is 0. The first-order valence-corrected chi connectivity index (χ1v) is 7.63. The molecule has 0 fully saturated rings. The van der Waals surface area contributed by atoms with Crippen LogP contribution in [0, 0.1) is 0 Å². The van der Waals surface area contributed by atoms with Gasteiger partial charge in [-0.1, -0.05) is 47.1 Å². The molecule has 0 radical (unpaired) electrons. The molecule has 0 unspecified atom stereocenters. The first kappa shape index (κ1) is 15.1. The molecule has 0 bridgehead atoms. The van der Waals surface area contributed by atoms with Gasteiger partial charge in [0.05, 0.1) is 7.11 Å². The van der Waals surface area contributed by atoms with Gasteiger partial charge in [0.1, 0.15) is 5.75 Å². The molecule has 20 heavy (non-hydrogen) atoms. The van der Waals surface area contributed by atoms with Crippen LogP contribution >= 0.6 is 15.9 Å². The molecule has 2 rings (SSSR count). The van der Waals surface area contributed by atoms with E-state index in [4.69, 9.17) is 4.74 Å². The van der Waals surface area contributed by atoms with Crippen molar-refractivity contribution in [2.24, 2.45) is 0 Å². The van der Waals surface area contributed by atoms with E-state index in [9.17, 15) is 0 Å². The summed E-state index contributed by atoms with van der Waals surface area (Å²) in [5.74, 6) is 0.888. The summed E-state index contributed by atoms with van der Waals surface area (Å²) >= 11 is 3.58. The van der Waals surface area contributed by atoms with Gasteiger partial charge in [-0.2, -0.15) is 0 Å². The van der Waals surface area contributed by atoms with Crippen LogP contribution in [0.3, 0.4) is 0 Å². The smallest absolute Gasteiger partial charge is 0.119 e. The second-order valence-electron chi connectivity index (χ2n) is 4.68. The quantitative estimate of drug-likeness (QED) is 0.850. The van der Waals surface area contributed by atoms with Gasteiger partial charge in [-0.15, -0.1) is 0 Å². The summed E-state index contributed by atoms with van der Waals surface area (Å²) in [5.41, 5.74) is 3.98. The van der Waals surface area contributed by atoms with Crippen LogP contribution in [0.2, 0.25) is 0 Å². The Morgan fingerprint density at radius 2 is 1.70 bits per heavy atom. The second kappa shape index (κ2) is 7.46. The highest BCUT2D eigenvalue weighted by Gasteiger charge is 2.03. The first-order chi connectivity index (χ1) is 9.74. The van der Waals surface area contributed by atoms with Crippen molar-refractivity contribution in [3.05, 3.63) is 63.6 Å². The van der Waals surface area contributed by atoms with Crippen LogP contribution in [0.4, 0.5) is 0 Å². The highest BCUT2D eigenvalue weighted by atomic mass is 79.9. The average molecular weight is 334 g/mol. The van der Waals surface area contributed by atoms with Crippen molar-refractivity contribution in [1.29, 1.82) is 0 Å². The molecule has 2 nitrogen and oxygen atoms in total. The summed E-state index contributed by atoms with van der Waals surface area (Å²) in [7, 11) is 1.69. The molecule has 0 aliphatic heterocycles. The van der Waals surface area contributed by atoms with Crippen LogP contribution in [-0.4, -0.2) is 7.11 Å². The Bertz CT molecular complexity index is 569. The molecule has 2 aromatic carbocycles. The third-order valence-electron chi connectivity index (χ3n) is 3.38. The van der Waals surface area contributed by atoms with Gasteiger partial charge in [-0.05, 0) is 41.3 Å². The molecule has 0 aliphatic carbocycles. The van der Waals surface area contributed by atoms with Gasteiger partial charge in [0.25, 0.3) is 0 Å². The first-order valence-electron chi connectivity index (χ1n) is 6.84. The number of benzene rings is 2. The second-order valence-corrected chi connectivity index (χ2v) is 5.54. The normalized spacial score (nSPS) is 10.6. The van der Waals surface area contributed by atoms with Crippen LogP contribution in [-0.2, 0) is 19.5 Å². The number of hydrogen-bond donors (Lipinski definition) is 1. The molecule has 0 saturated heterocycles. The van der Waals surface area contributed by atoms with E-state index < -0.39 is 0 Å². The number of ether oxygens (including phenoxy) is 1. The monoisotopic (exact) mass is 333 g/mol. The molecule has 0 saturated carbocycles. The average Bonchev–Trinajstić information content (AvgIpc) is 2.49. The molecule has 0 heterocycles. The topological polar surface area (TPSA) is 21.3 Å². The van der Waals surface area contributed by atoms with Crippen molar-refractivity contribution in [2.75, 3.05) is 7.11 Å². The molecule has 1 N–H and O–H groups in total. The van der Waals surface area contributed by atoms with E-state index in [0.717, 1.165) is 29.7 Å². The predicted octanol–water partition coefficient (Wildman–Crippen LogP) is 4.31. The van der Waals surface area contributed by atoms with Crippen molar-refractivity contribution in [2.45, 2.75) is 26.4 Å². The zero-order valence-corrected chi connectivity index (χ0v) is 13.5. The third-order valence-corrected chi connectivity index (χ3v) is 4.16. The lowest BCUT2D eigenvalue weighted by Gasteiger charge is -2.11. The summed E-state index contributed by atoms with van der Waals surface area (Å²) < 4.78 is 6.37. The third kappa shape index (κ3) is 3.84. The Labute approximate surface area is 129 Å². The van der Waals surface area contributed by atoms with Gasteiger partial charge < -0.3 is 10.1 Å². The Hall–Kier alpha value is -1.32. The maximum Gasteiger partial charge on any atom is 0.119 e. The lowest BCUT2D eigenvalue weighted by Crippen LogP contribution is -2.14. The molecular weight excluding hydrogens is 314 g/mol. The molecule has 3 heteroatoms. The van der Waals surface area contributed by atoms with Crippen LogP contribution in [0.15, 0.2) is 46.9 Å². The van der Waals surface area contributed by atoms with Crippen LogP contribution in [0.5, 0.6) is 5.75 Å². The Morgan fingerprint density at radius 3 is 2.40 bits per heavy atom. The fraction of sp³-hybridized carbons (Fsp3) is 0.294. The summed E-state index contributed by atoms with van der Waals surface area (Å²) in [6.45, 7) is 3.89. The molecule has 0 atom stereocenters. The Morgan fingerprint density at radius 1 is 1.00 bits per heavy atom. The van der Waals surface area contributed by atoms with E-state index in [0.29, 0.717) is 0 Å². The molecule has 0 spiro atoms. The minimum absolute atomic E-state index is 0.815. The van der Waals surface area contributed by atoms with Gasteiger partial charge in [0.15, 0.2) is 0 Å². The lowest BCUT2D eigenvalue weighted by atomic mass is 10.1. The predicted molar refractivity (Wildman–Crippen MR) is 87.1 cm³/mol. The summed E-state index contributed by atoms with van der Waals surface area (Å²) in [5, 5.41) is 3.50. The molecular formula is C17H20BrNO. The van der Waals surface area contributed by atoms with Crippen molar-refractivity contribution in [3.63, 3.8) is 0 Å². The van der Waals surface area contributed by atoms with Crippen molar-refractivity contribution >= 4 is 15.9 Å². The van der Waals surface area contributed by atoms with Gasteiger partial charge >= 0.3 is 0 Å². The molecule has 106 valence electrons.